The van der Waals surface area contributed by atoms with Gasteiger partial charge in [0.1, 0.15) is 12.1 Å². The van der Waals surface area contributed by atoms with Gasteiger partial charge in [0, 0.05) is 30.1 Å². The van der Waals surface area contributed by atoms with Crippen LogP contribution in [0.25, 0.3) is 10.9 Å². The number of carbonyl (C=O) groups is 2. The van der Waals surface area contributed by atoms with Gasteiger partial charge in [-0.3, -0.25) is 14.6 Å². The first kappa shape index (κ1) is 14.3. The molecular weight excluding hydrogens is 314 g/mol. The van der Waals surface area contributed by atoms with Gasteiger partial charge in [-0.1, -0.05) is 48.5 Å². The third kappa shape index (κ3) is 1.83. The number of para-hydroxylation sites is 1. The van der Waals surface area contributed by atoms with Crippen LogP contribution in [0.2, 0.25) is 0 Å². The molecule has 1 saturated heterocycles. The molecule has 1 N–H and O–H groups in total. The molecule has 2 atom stereocenters. The number of nitrogens with zero attached hydrogens (tertiary/aromatic N) is 2. The molecule has 124 valence electrons. The summed E-state index contributed by atoms with van der Waals surface area (Å²) < 4.78 is 0. The number of aromatic amines is 1. The second kappa shape index (κ2) is 4.96. The number of hydrogen-bond donors (Lipinski definition) is 1. The van der Waals surface area contributed by atoms with E-state index in [1.165, 1.54) is 4.90 Å². The molecule has 0 spiro atoms. The predicted octanol–water partition coefficient (Wildman–Crippen LogP) is 3.08. The summed E-state index contributed by atoms with van der Waals surface area (Å²) in [6.45, 7) is 0. The van der Waals surface area contributed by atoms with E-state index in [-0.39, 0.29) is 18.0 Å². The van der Waals surface area contributed by atoms with Crippen molar-refractivity contribution in [3.63, 3.8) is 0 Å². The molecule has 5 rings (SSSR count). The number of urea groups is 1. The monoisotopic (exact) mass is 331 g/mol. The average Bonchev–Trinajstić information content (AvgIpc) is 3.12. The van der Waals surface area contributed by atoms with Crippen LogP contribution >= 0.6 is 0 Å². The largest absolute Gasteiger partial charge is 0.356 e. The molecule has 2 aliphatic rings. The lowest BCUT2D eigenvalue weighted by atomic mass is 9.89. The average molecular weight is 331 g/mol. The molecule has 0 unspecified atom stereocenters. The van der Waals surface area contributed by atoms with Gasteiger partial charge in [-0.25, -0.2) is 4.79 Å². The predicted molar refractivity (Wildman–Crippen MR) is 94.1 cm³/mol. The molecule has 0 aliphatic carbocycles. The summed E-state index contributed by atoms with van der Waals surface area (Å²) in [6, 6.07) is 17.1. The van der Waals surface area contributed by atoms with Crippen molar-refractivity contribution >= 4 is 22.8 Å². The first-order valence-corrected chi connectivity index (χ1v) is 8.41. The lowest BCUT2D eigenvalue weighted by Gasteiger charge is -2.36. The van der Waals surface area contributed by atoms with E-state index >= 15 is 0 Å². The molecule has 5 heteroatoms. The van der Waals surface area contributed by atoms with Gasteiger partial charge < -0.3 is 4.98 Å². The van der Waals surface area contributed by atoms with Crippen molar-refractivity contribution in [2.45, 2.75) is 18.5 Å². The Morgan fingerprint density at radius 1 is 1.00 bits per heavy atom. The summed E-state index contributed by atoms with van der Waals surface area (Å²) in [7, 11) is 1.57. The Morgan fingerprint density at radius 2 is 1.72 bits per heavy atom. The van der Waals surface area contributed by atoms with Gasteiger partial charge in [0.2, 0.25) is 0 Å². The number of fused-ring (bicyclic) bond motifs is 4. The molecule has 3 amide bonds. The van der Waals surface area contributed by atoms with Crippen molar-refractivity contribution in [2.24, 2.45) is 0 Å². The fourth-order valence-corrected chi connectivity index (χ4v) is 4.19. The van der Waals surface area contributed by atoms with E-state index in [2.05, 4.69) is 11.1 Å². The standard InChI is InChI=1S/C20H17N3O2/c1-22-19(24)16-11-14-13-9-5-6-10-15(13)21-17(14)18(23(16)20(22)25)12-7-3-2-4-8-12/h2-10,16,18,21H,11H2,1H3/t16-,18+/m1/s1. The van der Waals surface area contributed by atoms with Gasteiger partial charge >= 0.3 is 6.03 Å². The summed E-state index contributed by atoms with van der Waals surface area (Å²) in [5.74, 6) is -0.123. The fourth-order valence-electron chi connectivity index (χ4n) is 4.19. The Morgan fingerprint density at radius 3 is 2.52 bits per heavy atom. The number of amides is 3. The molecule has 0 bridgehead atoms. The molecule has 3 aromatic rings. The van der Waals surface area contributed by atoms with Gasteiger partial charge in [0.15, 0.2) is 0 Å². The molecule has 1 fully saturated rings. The van der Waals surface area contributed by atoms with E-state index in [0.29, 0.717) is 6.42 Å². The molecule has 0 radical (unpaired) electrons. The maximum Gasteiger partial charge on any atom is 0.328 e. The fraction of sp³-hybridized carbons (Fsp3) is 0.200. The molecule has 5 nitrogen and oxygen atoms in total. The van der Waals surface area contributed by atoms with Crippen LogP contribution in [-0.4, -0.2) is 39.8 Å². The van der Waals surface area contributed by atoms with Crippen LogP contribution in [0, 0.1) is 0 Å². The van der Waals surface area contributed by atoms with E-state index in [4.69, 9.17) is 0 Å². The van der Waals surface area contributed by atoms with Gasteiger partial charge in [0.25, 0.3) is 5.91 Å². The number of H-pyrrole nitrogens is 1. The SMILES string of the molecule is CN1C(=O)[C@H]2Cc3c([nH]c4ccccc34)[C@H](c3ccccc3)N2C1=O. The van der Waals surface area contributed by atoms with Gasteiger partial charge in [0.05, 0.1) is 0 Å². The second-order valence-corrected chi connectivity index (χ2v) is 6.68. The zero-order valence-corrected chi connectivity index (χ0v) is 13.8. The van der Waals surface area contributed by atoms with Gasteiger partial charge in [-0.15, -0.1) is 0 Å². The highest BCUT2D eigenvalue weighted by molar-refractivity contribution is 6.05. The molecule has 2 aliphatic heterocycles. The van der Waals surface area contributed by atoms with Crippen LogP contribution in [-0.2, 0) is 11.2 Å². The molecule has 2 aromatic carbocycles. The van der Waals surface area contributed by atoms with Crippen LogP contribution in [0.1, 0.15) is 22.9 Å². The molecule has 25 heavy (non-hydrogen) atoms. The Balaban J connectivity index is 1.79. The highest BCUT2D eigenvalue weighted by Crippen LogP contribution is 2.43. The van der Waals surface area contributed by atoms with Crippen molar-refractivity contribution in [3.8, 4) is 0 Å². The van der Waals surface area contributed by atoms with E-state index in [9.17, 15) is 9.59 Å². The minimum absolute atomic E-state index is 0.123. The van der Waals surface area contributed by atoms with Gasteiger partial charge in [-0.05, 0) is 17.2 Å². The van der Waals surface area contributed by atoms with Crippen molar-refractivity contribution in [1.29, 1.82) is 0 Å². The molecular formula is C20H17N3O2. The maximum absolute atomic E-state index is 12.8. The van der Waals surface area contributed by atoms with Crippen LogP contribution in [0.4, 0.5) is 4.79 Å². The van der Waals surface area contributed by atoms with Crippen LogP contribution in [0.5, 0.6) is 0 Å². The van der Waals surface area contributed by atoms with Crippen LogP contribution < -0.4 is 0 Å². The number of aromatic nitrogens is 1. The summed E-state index contributed by atoms with van der Waals surface area (Å²) in [5.41, 5.74) is 4.21. The minimum atomic E-state index is -0.436. The number of rotatable bonds is 1. The first-order valence-electron chi connectivity index (χ1n) is 8.41. The maximum atomic E-state index is 12.8. The number of carbonyl (C=O) groups excluding carboxylic acids is 2. The smallest absolute Gasteiger partial charge is 0.328 e. The van der Waals surface area contributed by atoms with E-state index < -0.39 is 6.04 Å². The van der Waals surface area contributed by atoms with E-state index in [1.807, 2.05) is 48.5 Å². The van der Waals surface area contributed by atoms with Crippen LogP contribution in [0.15, 0.2) is 54.6 Å². The van der Waals surface area contributed by atoms with Gasteiger partial charge in [-0.2, -0.15) is 0 Å². The Hall–Kier alpha value is -3.08. The summed E-state index contributed by atoms with van der Waals surface area (Å²) in [4.78, 5) is 31.9. The third-order valence-corrected chi connectivity index (χ3v) is 5.37. The van der Waals surface area contributed by atoms with E-state index in [1.54, 1.807) is 11.9 Å². The quantitative estimate of drug-likeness (QED) is 0.697. The summed E-state index contributed by atoms with van der Waals surface area (Å²) in [6.07, 6.45) is 0.553. The number of nitrogens with one attached hydrogen (secondary N) is 1. The lowest BCUT2D eigenvalue weighted by molar-refractivity contribution is -0.127. The first-order chi connectivity index (χ1) is 12.2. The summed E-state index contributed by atoms with van der Waals surface area (Å²) >= 11 is 0. The topological polar surface area (TPSA) is 56.4 Å². The van der Waals surface area contributed by atoms with Crippen molar-refractivity contribution in [2.75, 3.05) is 7.05 Å². The number of hydrogen-bond acceptors (Lipinski definition) is 2. The lowest BCUT2D eigenvalue weighted by Crippen LogP contribution is -2.44. The Kier molecular flexibility index (Phi) is 2.83. The highest BCUT2D eigenvalue weighted by Gasteiger charge is 2.51. The molecule has 3 heterocycles. The molecule has 0 saturated carbocycles. The molecule has 1 aromatic heterocycles. The zero-order chi connectivity index (χ0) is 17.1. The number of likely N-dealkylation sites (N-methyl/N-ethyl adjacent to an activating group) is 1. The zero-order valence-electron chi connectivity index (χ0n) is 13.8. The summed E-state index contributed by atoms with van der Waals surface area (Å²) in [5, 5.41) is 1.13. The van der Waals surface area contributed by atoms with Crippen molar-refractivity contribution in [1.82, 2.24) is 14.8 Å². The second-order valence-electron chi connectivity index (χ2n) is 6.68. The normalized spacial score (nSPS) is 22.4. The van der Waals surface area contributed by atoms with Crippen molar-refractivity contribution < 1.29 is 9.59 Å². The Bertz CT molecular complexity index is 1010. The highest BCUT2D eigenvalue weighted by atomic mass is 16.2. The third-order valence-electron chi connectivity index (χ3n) is 5.37. The van der Waals surface area contributed by atoms with E-state index in [0.717, 1.165) is 27.7 Å². The number of benzene rings is 2. The van der Waals surface area contributed by atoms with Crippen molar-refractivity contribution in [3.05, 3.63) is 71.4 Å². The van der Waals surface area contributed by atoms with Crippen LogP contribution in [0.3, 0.4) is 0 Å². The Labute approximate surface area is 144 Å². The number of imide groups is 1. The minimum Gasteiger partial charge on any atom is -0.356 e.